The molecule has 0 saturated carbocycles. The molecule has 2 heterocycles. The molecule has 1 aromatic heterocycles. The van der Waals surface area contributed by atoms with Crippen molar-refractivity contribution in [1.29, 1.82) is 0 Å². The summed E-state index contributed by atoms with van der Waals surface area (Å²) in [5.74, 6) is -0.00929. The summed E-state index contributed by atoms with van der Waals surface area (Å²) in [6.07, 6.45) is 3.80. The molecule has 0 radical (unpaired) electrons. The molecule has 0 bridgehead atoms. The minimum absolute atomic E-state index is 0.287. The van der Waals surface area contributed by atoms with Gasteiger partial charge in [-0.2, -0.15) is 0 Å². The highest BCUT2D eigenvalue weighted by Gasteiger charge is 2.22. The second-order valence-corrected chi connectivity index (χ2v) is 4.34. The smallest absolute Gasteiger partial charge is 0.363 e. The predicted molar refractivity (Wildman–Crippen MR) is 75.9 cm³/mol. The molecule has 0 saturated heterocycles. The van der Waals surface area contributed by atoms with E-state index in [1.54, 1.807) is 12.3 Å². The summed E-state index contributed by atoms with van der Waals surface area (Å²) in [6.45, 7) is 0. The summed E-state index contributed by atoms with van der Waals surface area (Å²) in [6, 6.07) is 15.2. The van der Waals surface area contributed by atoms with Crippen LogP contribution in [0.5, 0.6) is 0 Å². The Bertz CT molecular complexity index is 676. The van der Waals surface area contributed by atoms with Crippen molar-refractivity contribution in [2.24, 2.45) is 4.99 Å². The van der Waals surface area contributed by atoms with Crippen molar-refractivity contribution < 1.29 is 9.53 Å². The number of hydrogen-bond donors (Lipinski definition) is 0. The van der Waals surface area contributed by atoms with Crippen LogP contribution in [0.1, 0.15) is 11.3 Å². The number of aromatic nitrogens is 1. The van der Waals surface area contributed by atoms with Crippen LogP contribution in [0.2, 0.25) is 0 Å². The molecule has 1 aliphatic rings. The van der Waals surface area contributed by atoms with Crippen LogP contribution >= 0.6 is 0 Å². The second kappa shape index (κ2) is 5.48. The Balaban J connectivity index is 1.81. The molecule has 4 heteroatoms. The summed E-state index contributed by atoms with van der Waals surface area (Å²) < 4.78 is 5.17. The molecule has 0 aliphatic carbocycles. The molecule has 0 fully saturated rings. The van der Waals surface area contributed by atoms with E-state index < -0.39 is 5.97 Å². The minimum atomic E-state index is -0.429. The van der Waals surface area contributed by atoms with E-state index in [2.05, 4.69) is 9.98 Å². The number of pyridine rings is 1. The van der Waals surface area contributed by atoms with Gasteiger partial charge in [0.2, 0.25) is 5.90 Å². The number of benzene rings is 1. The number of carbonyl (C=O) groups excluding carboxylic acids is 1. The number of rotatable bonds is 3. The van der Waals surface area contributed by atoms with Gasteiger partial charge in [0.1, 0.15) is 0 Å². The van der Waals surface area contributed by atoms with Crippen LogP contribution in [0.3, 0.4) is 0 Å². The van der Waals surface area contributed by atoms with Crippen LogP contribution in [0.4, 0.5) is 0 Å². The van der Waals surface area contributed by atoms with E-state index in [4.69, 9.17) is 4.74 Å². The molecule has 2 aromatic rings. The number of nitrogens with zero attached hydrogens (tertiary/aromatic N) is 2. The van der Waals surface area contributed by atoms with Gasteiger partial charge in [-0.05, 0) is 23.8 Å². The molecule has 0 unspecified atom stereocenters. The number of hydrogen-bond acceptors (Lipinski definition) is 4. The fourth-order valence-corrected chi connectivity index (χ4v) is 1.90. The van der Waals surface area contributed by atoms with Crippen LogP contribution in [-0.4, -0.2) is 16.9 Å². The normalized spacial score (nSPS) is 16.1. The largest absolute Gasteiger partial charge is 0.406 e. The predicted octanol–water partition coefficient (Wildman–Crippen LogP) is 2.62. The monoisotopic (exact) mass is 264 g/mol. The van der Waals surface area contributed by atoms with Crippen LogP contribution in [0.25, 0.3) is 6.08 Å². The average molecular weight is 264 g/mol. The average Bonchev–Trinajstić information content (AvgIpc) is 2.81. The molecule has 0 N–H and O–H groups in total. The van der Waals surface area contributed by atoms with Crippen molar-refractivity contribution in [2.75, 3.05) is 0 Å². The molecule has 1 aromatic carbocycles. The van der Waals surface area contributed by atoms with Gasteiger partial charge in [0, 0.05) is 12.6 Å². The Labute approximate surface area is 116 Å². The highest BCUT2D eigenvalue weighted by atomic mass is 16.6. The van der Waals surface area contributed by atoms with E-state index in [1.807, 2.05) is 48.5 Å². The lowest BCUT2D eigenvalue weighted by Crippen LogP contribution is -2.06. The lowest BCUT2D eigenvalue weighted by molar-refractivity contribution is -0.130. The number of aliphatic imine (C=N–C) groups is 1. The van der Waals surface area contributed by atoms with Crippen molar-refractivity contribution in [1.82, 2.24) is 4.98 Å². The first kappa shape index (κ1) is 12.3. The van der Waals surface area contributed by atoms with Gasteiger partial charge >= 0.3 is 5.97 Å². The molecule has 0 atom stereocenters. The summed E-state index contributed by atoms with van der Waals surface area (Å²) in [4.78, 5) is 20.1. The Hall–Kier alpha value is -2.75. The maximum Gasteiger partial charge on any atom is 0.363 e. The number of esters is 1. The topological polar surface area (TPSA) is 51.5 Å². The standard InChI is InChI=1S/C16H12N2O2/c19-16-14(11-13-8-4-5-9-17-13)18-15(20-16)10-12-6-2-1-3-7-12/h1-9,11H,10H2/b14-11+. The first-order valence-electron chi connectivity index (χ1n) is 6.28. The van der Waals surface area contributed by atoms with Crippen molar-refractivity contribution in [2.45, 2.75) is 6.42 Å². The van der Waals surface area contributed by atoms with Crippen LogP contribution in [0.15, 0.2) is 65.4 Å². The van der Waals surface area contributed by atoms with Gasteiger partial charge in [-0.3, -0.25) is 4.98 Å². The van der Waals surface area contributed by atoms with Gasteiger partial charge in [-0.15, -0.1) is 0 Å². The molecular formula is C16H12N2O2. The fourth-order valence-electron chi connectivity index (χ4n) is 1.90. The third kappa shape index (κ3) is 2.80. The van der Waals surface area contributed by atoms with E-state index >= 15 is 0 Å². The van der Waals surface area contributed by atoms with Crippen molar-refractivity contribution in [3.63, 3.8) is 0 Å². The van der Waals surface area contributed by atoms with Crippen LogP contribution < -0.4 is 0 Å². The first-order valence-corrected chi connectivity index (χ1v) is 6.28. The van der Waals surface area contributed by atoms with Gasteiger partial charge < -0.3 is 4.74 Å². The zero-order valence-corrected chi connectivity index (χ0v) is 10.7. The Kier molecular flexibility index (Phi) is 3.37. The first-order chi connectivity index (χ1) is 9.81. The molecule has 3 rings (SSSR count). The molecule has 98 valence electrons. The minimum Gasteiger partial charge on any atom is -0.406 e. The van der Waals surface area contributed by atoms with E-state index in [1.165, 1.54) is 0 Å². The Morgan fingerprint density at radius 2 is 1.85 bits per heavy atom. The molecular weight excluding hydrogens is 252 g/mol. The molecule has 0 spiro atoms. The quantitative estimate of drug-likeness (QED) is 0.632. The molecule has 0 amide bonds. The lowest BCUT2D eigenvalue weighted by atomic mass is 10.1. The Morgan fingerprint density at radius 3 is 2.60 bits per heavy atom. The highest BCUT2D eigenvalue weighted by molar-refractivity contribution is 6.07. The van der Waals surface area contributed by atoms with E-state index in [0.717, 1.165) is 5.56 Å². The number of carbonyl (C=O) groups is 1. The van der Waals surface area contributed by atoms with Crippen molar-refractivity contribution >= 4 is 17.9 Å². The zero-order chi connectivity index (χ0) is 13.8. The molecule has 20 heavy (non-hydrogen) atoms. The Morgan fingerprint density at radius 1 is 1.05 bits per heavy atom. The lowest BCUT2D eigenvalue weighted by Gasteiger charge is -1.98. The summed E-state index contributed by atoms with van der Waals surface area (Å²) in [7, 11) is 0. The van der Waals surface area contributed by atoms with Crippen LogP contribution in [-0.2, 0) is 16.0 Å². The number of ether oxygens (including phenoxy) is 1. The second-order valence-electron chi connectivity index (χ2n) is 4.34. The van der Waals surface area contributed by atoms with Gasteiger partial charge in [0.15, 0.2) is 5.70 Å². The maximum atomic E-state index is 11.7. The summed E-state index contributed by atoms with van der Waals surface area (Å²) in [5, 5.41) is 0. The highest BCUT2D eigenvalue weighted by Crippen LogP contribution is 2.16. The zero-order valence-electron chi connectivity index (χ0n) is 10.7. The third-order valence-corrected chi connectivity index (χ3v) is 2.84. The van der Waals surface area contributed by atoms with Gasteiger partial charge in [-0.25, -0.2) is 9.79 Å². The SMILES string of the molecule is O=C1OC(Cc2ccccc2)=N/C1=C/c1ccccn1. The maximum absolute atomic E-state index is 11.7. The van der Waals surface area contributed by atoms with E-state index in [-0.39, 0.29) is 5.70 Å². The van der Waals surface area contributed by atoms with E-state index in [0.29, 0.717) is 18.0 Å². The van der Waals surface area contributed by atoms with Gasteiger partial charge in [0.05, 0.1) is 5.69 Å². The number of cyclic esters (lactones) is 1. The molecule has 4 nitrogen and oxygen atoms in total. The molecule has 1 aliphatic heterocycles. The third-order valence-electron chi connectivity index (χ3n) is 2.84. The van der Waals surface area contributed by atoms with Crippen molar-refractivity contribution in [3.05, 3.63) is 71.7 Å². The summed E-state index contributed by atoms with van der Waals surface area (Å²) >= 11 is 0. The van der Waals surface area contributed by atoms with Gasteiger partial charge in [0.25, 0.3) is 0 Å². The fraction of sp³-hybridized carbons (Fsp3) is 0.0625. The summed E-state index contributed by atoms with van der Waals surface area (Å²) in [5.41, 5.74) is 2.02. The van der Waals surface area contributed by atoms with Crippen LogP contribution in [0, 0.1) is 0 Å². The van der Waals surface area contributed by atoms with Crippen molar-refractivity contribution in [3.8, 4) is 0 Å². The van der Waals surface area contributed by atoms with E-state index in [9.17, 15) is 4.79 Å². The van der Waals surface area contributed by atoms with Gasteiger partial charge in [-0.1, -0.05) is 36.4 Å².